The summed E-state index contributed by atoms with van der Waals surface area (Å²) in [7, 11) is 0. The van der Waals surface area contributed by atoms with E-state index in [2.05, 4.69) is 65.4 Å². The fourth-order valence-electron chi connectivity index (χ4n) is 18.2. The number of nitrogens with zero attached hydrogens (tertiary/aromatic N) is 3. The highest BCUT2D eigenvalue weighted by Gasteiger charge is 2.63. The SMILES string of the molecule is CCC1O[C@@H](OC2[C@H](OCC3O[C@@H](O[C@H]4C(COCc5ccccc5)O[C@@H](OC5C(OCc6ccccc6)C(OCc6ccccc6)C(OCc6ccccc6)[C@@H]6OC(C)(C)O[C@@H]56)C(N=[N+]=[N-])[C@H]4C)C(OCc4ccccc4)[C@@H](C)[C@H]3C)OC(COCc3ccccc3)[C@H](C)[C@@H]2C)C(O[C@@H]2OC(COCc3ccccc3)[C@H](C)[C@H](C)C2O)[C@@H](C)[C@H]1C. The highest BCUT2D eigenvalue weighted by Crippen LogP contribution is 2.48. The van der Waals surface area contributed by atoms with Gasteiger partial charge in [0, 0.05) is 4.91 Å². The fraction of sp³-hybridized carbons (Fsp3) is 0.571. The molecule has 14 unspecified atom stereocenters. The van der Waals surface area contributed by atoms with Crippen LogP contribution in [0.1, 0.15) is 128 Å². The maximum absolute atomic E-state index is 12.1. The molecular weight excluding hydrogens is 1540 g/mol. The number of fused-ring (bicyclic) bond motifs is 1. The lowest BCUT2D eigenvalue weighted by Crippen LogP contribution is -2.67. The molecule has 23 nitrogen and oxygen atoms in total. The molecule has 654 valence electrons. The zero-order valence-corrected chi connectivity index (χ0v) is 72.1. The molecule has 0 bridgehead atoms. The summed E-state index contributed by atoms with van der Waals surface area (Å²) in [5.74, 6) is -2.81. The van der Waals surface area contributed by atoms with Gasteiger partial charge in [-0.1, -0.05) is 287 Å². The van der Waals surface area contributed by atoms with Crippen molar-refractivity contribution in [2.45, 2.75) is 277 Å². The molecule has 6 heterocycles. The largest absolute Gasteiger partial charge is 0.388 e. The molecule has 121 heavy (non-hydrogen) atoms. The van der Waals surface area contributed by atoms with E-state index in [0.717, 1.165) is 45.4 Å². The molecule has 0 amide bonds. The Kier molecular flexibility index (Phi) is 32.3. The van der Waals surface area contributed by atoms with Gasteiger partial charge in [0.2, 0.25) is 0 Å². The zero-order chi connectivity index (χ0) is 84.5. The van der Waals surface area contributed by atoms with Crippen LogP contribution in [-0.4, -0.2) is 172 Å². The third-order valence-electron chi connectivity index (χ3n) is 26.4. The normalized spacial score (nSPS) is 36.0. The molecule has 14 rings (SSSR count). The van der Waals surface area contributed by atoms with Crippen molar-refractivity contribution in [1.29, 1.82) is 0 Å². The molecule has 7 aromatic carbocycles. The molecule has 1 aliphatic carbocycles. The van der Waals surface area contributed by atoms with Crippen LogP contribution in [0.3, 0.4) is 0 Å². The van der Waals surface area contributed by atoms with E-state index in [0.29, 0.717) is 19.8 Å². The average Bonchev–Trinajstić information content (AvgIpc) is 1.62. The number of ether oxygens (including phenoxy) is 19. The standard InChI is InChI=1S/C98H127N3O20/c1-13-76-61(3)66(8)86(117-94-82(102)64(6)60(2)77(112-94)56-103-49-69-35-21-14-22-36-69)97(111-76)118-85-67(9)63(5)78(57-104-50-70-37-23-15-24-38-70)113-95(85)110-59-79-62(4)65(7)84(106-52-72-41-27-17-28-42-72)96(114-79)116-83-68(10)81(100-101-99)93(115-80(83)58-105-51-71-39-25-16-26-40-71)119-90-88(108-54-74-45-31-19-32-46-74)87(107-53-73-43-29-18-30-44-73)89(91-92(90)121-98(11,12)120-91)109-55-75-47-33-20-34-48-75/h14-48,60-68,76-97,102H,13,49-59H2,1-12H3/t60-,61-,62-,63-,64+,65+,66+,67+,68-,76?,77?,78?,79?,80?,81?,82?,83-,84?,85?,86?,87?,88?,89?,90?,91+,92+,93+,94+,95-,96+,97+/m1/s1. The lowest BCUT2D eigenvalue weighted by molar-refractivity contribution is -0.379. The summed E-state index contributed by atoms with van der Waals surface area (Å²) in [6, 6.07) is 69.0. The molecule has 0 radical (unpaired) electrons. The number of hydrogen-bond donors (Lipinski definition) is 1. The molecule has 6 aliphatic heterocycles. The van der Waals surface area contributed by atoms with Crippen LogP contribution in [0.5, 0.6) is 0 Å². The van der Waals surface area contributed by atoms with Gasteiger partial charge in [0.1, 0.15) is 67.1 Å². The Balaban J connectivity index is 0.768. The van der Waals surface area contributed by atoms with Crippen LogP contribution in [-0.2, 0) is 136 Å². The molecule has 23 heteroatoms. The van der Waals surface area contributed by atoms with Gasteiger partial charge in [-0.05, 0) is 118 Å². The quantitative estimate of drug-likeness (QED) is 0.0216. The van der Waals surface area contributed by atoms with Gasteiger partial charge in [-0.2, -0.15) is 0 Å². The van der Waals surface area contributed by atoms with E-state index in [9.17, 15) is 10.6 Å². The van der Waals surface area contributed by atoms with E-state index >= 15 is 0 Å². The molecule has 7 aliphatic rings. The van der Waals surface area contributed by atoms with Crippen LogP contribution in [0.25, 0.3) is 10.4 Å². The van der Waals surface area contributed by atoms with E-state index in [1.807, 2.05) is 240 Å². The van der Waals surface area contributed by atoms with Crippen molar-refractivity contribution >= 4 is 0 Å². The van der Waals surface area contributed by atoms with Crippen LogP contribution in [0.2, 0.25) is 0 Å². The Bertz CT molecular complexity index is 4230. The van der Waals surface area contributed by atoms with Crippen molar-refractivity contribution in [3.63, 3.8) is 0 Å². The van der Waals surface area contributed by atoms with Gasteiger partial charge in [0.05, 0.1) is 109 Å². The lowest BCUT2D eigenvalue weighted by atomic mass is 9.81. The van der Waals surface area contributed by atoms with Gasteiger partial charge in [-0.25, -0.2) is 0 Å². The first-order valence-electron chi connectivity index (χ1n) is 43.9. The average molecular weight is 1670 g/mol. The fourth-order valence-corrected chi connectivity index (χ4v) is 18.2. The first-order chi connectivity index (χ1) is 58.8. The predicted octanol–water partition coefficient (Wildman–Crippen LogP) is 16.9. The predicted molar refractivity (Wildman–Crippen MR) is 453 cm³/mol. The van der Waals surface area contributed by atoms with Gasteiger partial charge in [-0.15, -0.1) is 0 Å². The van der Waals surface area contributed by atoms with Crippen molar-refractivity contribution in [3.05, 3.63) is 262 Å². The molecule has 7 fully saturated rings. The number of aliphatic hydroxyl groups excluding tert-OH is 1. The van der Waals surface area contributed by atoms with Crippen LogP contribution in [0.4, 0.5) is 0 Å². The molecular formula is C98H127N3O20. The molecule has 0 aromatic heterocycles. The Labute approximate surface area is 714 Å². The number of hydrogen-bond acceptors (Lipinski definition) is 21. The summed E-state index contributed by atoms with van der Waals surface area (Å²) >= 11 is 0. The number of azide groups is 1. The van der Waals surface area contributed by atoms with Crippen molar-refractivity contribution < 1.29 is 95.1 Å². The summed E-state index contributed by atoms with van der Waals surface area (Å²) < 4.78 is 135. The Morgan fingerprint density at radius 1 is 0.314 bits per heavy atom. The maximum atomic E-state index is 12.1. The van der Waals surface area contributed by atoms with Crippen molar-refractivity contribution in [1.82, 2.24) is 0 Å². The van der Waals surface area contributed by atoms with Crippen molar-refractivity contribution in [2.24, 2.45) is 58.4 Å². The van der Waals surface area contributed by atoms with Gasteiger partial charge in [0.15, 0.2) is 37.2 Å². The molecule has 6 saturated heterocycles. The molecule has 1 N–H and O–H groups in total. The van der Waals surface area contributed by atoms with E-state index in [1.165, 1.54) is 0 Å². The third-order valence-corrected chi connectivity index (χ3v) is 26.4. The van der Waals surface area contributed by atoms with E-state index in [-0.39, 0.29) is 112 Å². The number of rotatable bonds is 37. The molecule has 0 spiro atoms. The van der Waals surface area contributed by atoms with Crippen LogP contribution < -0.4 is 0 Å². The minimum atomic E-state index is -1.27. The summed E-state index contributed by atoms with van der Waals surface area (Å²) in [5, 5.41) is 16.7. The van der Waals surface area contributed by atoms with Crippen molar-refractivity contribution in [3.8, 4) is 0 Å². The first kappa shape index (κ1) is 90.3. The van der Waals surface area contributed by atoms with E-state index in [4.69, 9.17) is 90.0 Å². The highest BCUT2D eigenvalue weighted by molar-refractivity contribution is 5.20. The Hall–Kier alpha value is -6.95. The van der Waals surface area contributed by atoms with Gasteiger partial charge in [0.25, 0.3) is 0 Å². The van der Waals surface area contributed by atoms with E-state index < -0.39 is 135 Å². The second-order valence-corrected chi connectivity index (χ2v) is 34.9. The number of benzene rings is 7. The summed E-state index contributed by atoms with van der Waals surface area (Å²) in [4.78, 5) is 3.54. The monoisotopic (exact) mass is 1670 g/mol. The smallest absolute Gasteiger partial charge is 0.185 e. The van der Waals surface area contributed by atoms with Gasteiger partial charge < -0.3 is 95.1 Å². The molecule has 31 atom stereocenters. The summed E-state index contributed by atoms with van der Waals surface area (Å²) in [6.45, 7) is 27.5. The summed E-state index contributed by atoms with van der Waals surface area (Å²) in [5.41, 5.74) is 17.7. The topological polar surface area (TPSA) is 244 Å². The van der Waals surface area contributed by atoms with Crippen molar-refractivity contribution in [2.75, 3.05) is 26.4 Å². The van der Waals surface area contributed by atoms with Gasteiger partial charge in [-0.3, -0.25) is 0 Å². The minimum absolute atomic E-state index is 0.000809. The second-order valence-electron chi connectivity index (χ2n) is 34.9. The first-order valence-corrected chi connectivity index (χ1v) is 43.9. The lowest BCUT2D eigenvalue weighted by Gasteiger charge is -2.51. The van der Waals surface area contributed by atoms with E-state index in [1.54, 1.807) is 0 Å². The number of aliphatic hydroxyl groups is 1. The highest BCUT2D eigenvalue weighted by atomic mass is 16.8. The molecule has 7 aromatic rings. The summed E-state index contributed by atoms with van der Waals surface area (Å²) in [6.07, 6.45) is -16.2. The second kappa shape index (κ2) is 43.3. The van der Waals surface area contributed by atoms with Crippen LogP contribution in [0, 0.1) is 53.3 Å². The Morgan fingerprint density at radius 2 is 0.628 bits per heavy atom. The maximum Gasteiger partial charge on any atom is 0.185 e. The third kappa shape index (κ3) is 22.8. The van der Waals surface area contributed by atoms with Crippen LogP contribution >= 0.6 is 0 Å². The minimum Gasteiger partial charge on any atom is -0.388 e. The zero-order valence-electron chi connectivity index (χ0n) is 72.1. The Morgan fingerprint density at radius 3 is 1.08 bits per heavy atom. The van der Waals surface area contributed by atoms with Gasteiger partial charge >= 0.3 is 0 Å². The van der Waals surface area contributed by atoms with Crippen LogP contribution in [0.15, 0.2) is 217 Å². The molecule has 1 saturated carbocycles.